The van der Waals surface area contributed by atoms with Gasteiger partial charge in [0.15, 0.2) is 5.76 Å². The summed E-state index contributed by atoms with van der Waals surface area (Å²) < 4.78 is 12.3. The van der Waals surface area contributed by atoms with Gasteiger partial charge in [-0.3, -0.25) is 9.69 Å². The molecular weight excluding hydrogens is 428 g/mol. The molecule has 1 aliphatic carbocycles. The summed E-state index contributed by atoms with van der Waals surface area (Å²) >= 11 is 0. The number of hydrogen-bond donors (Lipinski definition) is 1. The summed E-state index contributed by atoms with van der Waals surface area (Å²) in [6, 6.07) is 10.5. The SMILES string of the molecule is CCO[C@H]1OC(C(=O)N2CCN(Cc3ccccc3)CC2)=C[C@@H](C2CCCCC2)[C@@H]1CCCO. The van der Waals surface area contributed by atoms with Crippen molar-refractivity contribution >= 4 is 5.91 Å². The smallest absolute Gasteiger partial charge is 0.288 e. The predicted octanol–water partition coefficient (Wildman–Crippen LogP) is 4.19. The number of allylic oxidation sites excluding steroid dienone is 1. The number of nitrogens with zero attached hydrogens (tertiary/aromatic N) is 2. The molecule has 4 rings (SSSR count). The van der Waals surface area contributed by atoms with Crippen LogP contribution in [-0.2, 0) is 20.8 Å². The number of ether oxygens (including phenoxy) is 2. The lowest BCUT2D eigenvalue weighted by molar-refractivity contribution is -0.180. The lowest BCUT2D eigenvalue weighted by Gasteiger charge is -2.42. The molecule has 0 radical (unpaired) electrons. The van der Waals surface area contributed by atoms with Crippen molar-refractivity contribution in [2.75, 3.05) is 39.4 Å². The third-order valence-electron chi connectivity index (χ3n) is 7.77. The third-order valence-corrected chi connectivity index (χ3v) is 7.77. The zero-order valence-electron chi connectivity index (χ0n) is 20.7. The van der Waals surface area contributed by atoms with E-state index in [4.69, 9.17) is 9.47 Å². The molecule has 1 aromatic rings. The lowest BCUT2D eigenvalue weighted by Crippen LogP contribution is -2.50. The average molecular weight is 471 g/mol. The van der Waals surface area contributed by atoms with Crippen molar-refractivity contribution < 1.29 is 19.4 Å². The number of aliphatic hydroxyl groups is 1. The molecule has 6 heteroatoms. The quantitative estimate of drug-likeness (QED) is 0.586. The second kappa shape index (κ2) is 12.7. The van der Waals surface area contributed by atoms with Crippen LogP contribution in [0.1, 0.15) is 57.4 Å². The van der Waals surface area contributed by atoms with Crippen molar-refractivity contribution in [1.82, 2.24) is 9.80 Å². The van der Waals surface area contributed by atoms with Crippen molar-refractivity contribution in [2.45, 2.75) is 64.7 Å². The number of piperazine rings is 1. The van der Waals surface area contributed by atoms with Gasteiger partial charge in [0.05, 0.1) is 0 Å². The first kappa shape index (κ1) is 25.2. The maximum Gasteiger partial charge on any atom is 0.288 e. The standard InChI is InChI=1S/C28H42N2O4/c1-2-33-28-24(14-9-19-31)25(23-12-7-4-8-13-23)20-26(34-28)27(32)30-17-15-29(16-18-30)21-22-10-5-3-6-11-22/h3,5-6,10-11,20,23-25,28,31H,2,4,7-9,12-19,21H2,1H3/t24-,25-,28-/m0/s1. The number of rotatable bonds is 9. The van der Waals surface area contributed by atoms with Crippen LogP contribution >= 0.6 is 0 Å². The van der Waals surface area contributed by atoms with Crippen LogP contribution in [0, 0.1) is 17.8 Å². The van der Waals surface area contributed by atoms with Crippen LogP contribution < -0.4 is 0 Å². The highest BCUT2D eigenvalue weighted by molar-refractivity contribution is 5.91. The molecular formula is C28H42N2O4. The van der Waals surface area contributed by atoms with Crippen molar-refractivity contribution in [1.29, 1.82) is 0 Å². The van der Waals surface area contributed by atoms with Crippen LogP contribution in [0.4, 0.5) is 0 Å². The van der Waals surface area contributed by atoms with Gasteiger partial charge in [-0.15, -0.1) is 0 Å². The van der Waals surface area contributed by atoms with E-state index in [9.17, 15) is 9.90 Å². The Bertz CT molecular complexity index is 785. The molecule has 1 aromatic carbocycles. The Hall–Kier alpha value is -1.89. The zero-order valence-corrected chi connectivity index (χ0v) is 20.7. The first-order valence-electron chi connectivity index (χ1n) is 13.4. The van der Waals surface area contributed by atoms with Crippen molar-refractivity contribution in [3.63, 3.8) is 0 Å². The Balaban J connectivity index is 1.44. The molecule has 0 aromatic heterocycles. The van der Waals surface area contributed by atoms with Crippen molar-refractivity contribution in [2.24, 2.45) is 17.8 Å². The van der Waals surface area contributed by atoms with E-state index >= 15 is 0 Å². The van der Waals surface area contributed by atoms with Crippen LogP contribution in [0.5, 0.6) is 0 Å². The number of benzene rings is 1. The molecule has 188 valence electrons. The molecule has 6 nitrogen and oxygen atoms in total. The van der Waals surface area contributed by atoms with E-state index in [0.717, 1.165) is 32.5 Å². The molecule has 1 saturated heterocycles. The molecule has 1 amide bonds. The zero-order chi connectivity index (χ0) is 23.8. The lowest BCUT2D eigenvalue weighted by atomic mass is 9.71. The Morgan fingerprint density at radius 2 is 1.82 bits per heavy atom. The van der Waals surface area contributed by atoms with E-state index in [-0.39, 0.29) is 24.3 Å². The summed E-state index contributed by atoms with van der Waals surface area (Å²) in [4.78, 5) is 17.9. The first-order chi connectivity index (χ1) is 16.7. The summed E-state index contributed by atoms with van der Waals surface area (Å²) in [7, 11) is 0. The fourth-order valence-electron chi connectivity index (χ4n) is 5.94. The molecule has 2 fully saturated rings. The van der Waals surface area contributed by atoms with Gasteiger partial charge in [0.2, 0.25) is 6.29 Å². The summed E-state index contributed by atoms with van der Waals surface area (Å²) in [5.41, 5.74) is 1.31. The molecule has 2 heterocycles. The van der Waals surface area contributed by atoms with Gasteiger partial charge >= 0.3 is 0 Å². The normalized spacial score (nSPS) is 26.7. The van der Waals surface area contributed by atoms with Crippen LogP contribution in [0.3, 0.4) is 0 Å². The molecule has 0 unspecified atom stereocenters. The van der Waals surface area contributed by atoms with Gasteiger partial charge in [-0.05, 0) is 56.1 Å². The number of amides is 1. The Morgan fingerprint density at radius 3 is 2.50 bits per heavy atom. The largest absolute Gasteiger partial charge is 0.459 e. The Kier molecular flexibility index (Phi) is 9.42. The van der Waals surface area contributed by atoms with E-state index in [1.54, 1.807) is 0 Å². The summed E-state index contributed by atoms with van der Waals surface area (Å²) in [6.07, 6.45) is 9.55. The van der Waals surface area contributed by atoms with Gasteiger partial charge < -0.3 is 19.5 Å². The monoisotopic (exact) mass is 470 g/mol. The second-order valence-electron chi connectivity index (χ2n) is 10.0. The fraction of sp³-hybridized carbons (Fsp3) is 0.679. The highest BCUT2D eigenvalue weighted by Crippen LogP contribution is 2.42. The molecule has 1 N–H and O–H groups in total. The van der Waals surface area contributed by atoms with Crippen LogP contribution in [0.15, 0.2) is 42.2 Å². The molecule has 2 aliphatic heterocycles. The van der Waals surface area contributed by atoms with E-state index < -0.39 is 6.29 Å². The number of carbonyl (C=O) groups is 1. The van der Waals surface area contributed by atoms with E-state index in [0.29, 0.717) is 31.4 Å². The fourth-order valence-corrected chi connectivity index (χ4v) is 5.94. The van der Waals surface area contributed by atoms with Gasteiger partial charge in [0.1, 0.15) is 0 Å². The molecule has 0 bridgehead atoms. The van der Waals surface area contributed by atoms with Crippen LogP contribution in [0.2, 0.25) is 0 Å². The highest BCUT2D eigenvalue weighted by Gasteiger charge is 2.41. The average Bonchev–Trinajstić information content (AvgIpc) is 2.89. The van der Waals surface area contributed by atoms with Gasteiger partial charge in [-0.1, -0.05) is 49.6 Å². The van der Waals surface area contributed by atoms with Gasteiger partial charge in [-0.25, -0.2) is 0 Å². The van der Waals surface area contributed by atoms with E-state index in [1.165, 1.54) is 37.7 Å². The molecule has 1 saturated carbocycles. The minimum absolute atomic E-state index is 0.00508. The van der Waals surface area contributed by atoms with Gasteiger partial charge in [-0.2, -0.15) is 0 Å². The van der Waals surface area contributed by atoms with Crippen LogP contribution in [-0.4, -0.2) is 66.5 Å². The maximum atomic E-state index is 13.5. The highest BCUT2D eigenvalue weighted by atomic mass is 16.7. The molecule has 3 aliphatic rings. The third kappa shape index (κ3) is 6.41. The molecule has 34 heavy (non-hydrogen) atoms. The summed E-state index contributed by atoms with van der Waals surface area (Å²) in [5, 5.41) is 9.47. The first-order valence-corrected chi connectivity index (χ1v) is 13.4. The summed E-state index contributed by atoms with van der Waals surface area (Å²) in [5.74, 6) is 1.51. The van der Waals surface area contributed by atoms with Crippen molar-refractivity contribution in [3.8, 4) is 0 Å². The van der Waals surface area contributed by atoms with Gasteiger partial charge in [0, 0.05) is 51.9 Å². The Morgan fingerprint density at radius 1 is 1.09 bits per heavy atom. The van der Waals surface area contributed by atoms with E-state index in [1.807, 2.05) is 17.9 Å². The maximum absolute atomic E-state index is 13.5. The second-order valence-corrected chi connectivity index (χ2v) is 10.0. The number of hydrogen-bond acceptors (Lipinski definition) is 5. The molecule has 0 spiro atoms. The topological polar surface area (TPSA) is 62.2 Å². The predicted molar refractivity (Wildman–Crippen MR) is 133 cm³/mol. The minimum Gasteiger partial charge on any atom is -0.459 e. The number of aliphatic hydroxyl groups excluding tert-OH is 1. The van der Waals surface area contributed by atoms with Crippen molar-refractivity contribution in [3.05, 3.63) is 47.7 Å². The number of carbonyl (C=O) groups excluding carboxylic acids is 1. The van der Waals surface area contributed by atoms with Gasteiger partial charge in [0.25, 0.3) is 5.91 Å². The summed E-state index contributed by atoms with van der Waals surface area (Å²) in [6.45, 7) is 6.80. The molecule has 3 atom stereocenters. The minimum atomic E-state index is -0.410. The Labute approximate surface area is 204 Å². The van der Waals surface area contributed by atoms with E-state index in [2.05, 4.69) is 35.2 Å². The van der Waals surface area contributed by atoms with Crippen LogP contribution in [0.25, 0.3) is 0 Å².